The van der Waals surface area contributed by atoms with Crippen molar-refractivity contribution in [2.24, 2.45) is 0 Å². The molecule has 1 aromatic heterocycles. The molecule has 132 valence electrons. The van der Waals surface area contributed by atoms with E-state index in [-0.39, 0.29) is 24.2 Å². The first-order valence-corrected chi connectivity index (χ1v) is 7.86. The fourth-order valence-electron chi connectivity index (χ4n) is 2.52. The van der Waals surface area contributed by atoms with Crippen molar-refractivity contribution in [1.29, 1.82) is 0 Å². The van der Waals surface area contributed by atoms with Crippen molar-refractivity contribution < 1.29 is 24.2 Å². The second kappa shape index (κ2) is 7.20. The van der Waals surface area contributed by atoms with Crippen LogP contribution in [0.5, 0.6) is 11.5 Å². The van der Waals surface area contributed by atoms with Gasteiger partial charge in [-0.05, 0) is 19.1 Å². The van der Waals surface area contributed by atoms with E-state index in [9.17, 15) is 9.59 Å². The van der Waals surface area contributed by atoms with E-state index in [1.165, 1.54) is 10.9 Å². The standard InChI is InChI=1S/C16H18N4O5/c1-2-19(15(21)9-20-8-12(16(22)23)17-18-20)7-11-10-24-13-5-3-4-6-14(13)25-11/h3-6,8,11H,2,7,9-10H2,1H3,(H,22,23). The largest absolute Gasteiger partial charge is 0.486 e. The number of aromatic nitrogens is 3. The van der Waals surface area contributed by atoms with Crippen LogP contribution in [0.25, 0.3) is 0 Å². The van der Waals surface area contributed by atoms with Crippen LogP contribution in [0.3, 0.4) is 0 Å². The predicted molar refractivity (Wildman–Crippen MR) is 85.6 cm³/mol. The lowest BCUT2D eigenvalue weighted by Gasteiger charge is -2.30. The first-order valence-electron chi connectivity index (χ1n) is 7.86. The normalized spacial score (nSPS) is 15.6. The monoisotopic (exact) mass is 346 g/mol. The lowest BCUT2D eigenvalue weighted by Crippen LogP contribution is -2.44. The highest BCUT2D eigenvalue weighted by atomic mass is 16.6. The Balaban J connectivity index is 1.60. The molecule has 9 nitrogen and oxygen atoms in total. The van der Waals surface area contributed by atoms with Crippen LogP contribution in [0.2, 0.25) is 0 Å². The molecule has 25 heavy (non-hydrogen) atoms. The molecule has 1 amide bonds. The zero-order valence-corrected chi connectivity index (χ0v) is 13.7. The van der Waals surface area contributed by atoms with Crippen LogP contribution in [0.4, 0.5) is 0 Å². The van der Waals surface area contributed by atoms with Gasteiger partial charge >= 0.3 is 5.97 Å². The number of amides is 1. The van der Waals surface area contributed by atoms with Gasteiger partial charge in [0, 0.05) is 6.54 Å². The maximum absolute atomic E-state index is 12.4. The van der Waals surface area contributed by atoms with Gasteiger partial charge in [-0.15, -0.1) is 5.10 Å². The molecule has 1 aliphatic heterocycles. The number of benzene rings is 1. The topological polar surface area (TPSA) is 107 Å². The predicted octanol–water partition coefficient (Wildman–Crippen LogP) is 0.665. The summed E-state index contributed by atoms with van der Waals surface area (Å²) in [7, 11) is 0. The van der Waals surface area contributed by atoms with Crippen molar-refractivity contribution >= 4 is 11.9 Å². The minimum Gasteiger partial charge on any atom is -0.486 e. The number of carboxylic acid groups (broad SMARTS) is 1. The van der Waals surface area contributed by atoms with Crippen LogP contribution in [-0.4, -0.2) is 62.7 Å². The van der Waals surface area contributed by atoms with E-state index in [0.717, 1.165) is 0 Å². The van der Waals surface area contributed by atoms with Crippen molar-refractivity contribution in [3.8, 4) is 11.5 Å². The molecule has 1 unspecified atom stereocenters. The summed E-state index contributed by atoms with van der Waals surface area (Å²) in [5, 5.41) is 16.0. The molecule has 9 heteroatoms. The van der Waals surface area contributed by atoms with E-state index in [1.54, 1.807) is 4.90 Å². The number of hydrogen-bond donors (Lipinski definition) is 1. The van der Waals surface area contributed by atoms with Gasteiger partial charge in [0.05, 0.1) is 12.7 Å². The Morgan fingerprint density at radius 1 is 1.36 bits per heavy atom. The number of ether oxygens (including phenoxy) is 2. The van der Waals surface area contributed by atoms with Gasteiger partial charge in [-0.25, -0.2) is 9.48 Å². The van der Waals surface area contributed by atoms with E-state index >= 15 is 0 Å². The number of hydrogen-bond acceptors (Lipinski definition) is 6. The molecule has 0 bridgehead atoms. The zero-order chi connectivity index (χ0) is 17.8. The number of para-hydroxylation sites is 2. The summed E-state index contributed by atoms with van der Waals surface area (Å²) in [6, 6.07) is 7.38. The molecule has 1 atom stereocenters. The van der Waals surface area contributed by atoms with Gasteiger partial charge in [0.1, 0.15) is 13.2 Å². The van der Waals surface area contributed by atoms with Gasteiger partial charge in [-0.2, -0.15) is 0 Å². The Kier molecular flexibility index (Phi) is 4.82. The van der Waals surface area contributed by atoms with Crippen molar-refractivity contribution in [1.82, 2.24) is 19.9 Å². The average molecular weight is 346 g/mol. The van der Waals surface area contributed by atoms with E-state index in [1.807, 2.05) is 31.2 Å². The van der Waals surface area contributed by atoms with Crippen LogP contribution in [0.1, 0.15) is 17.4 Å². The summed E-state index contributed by atoms with van der Waals surface area (Å²) >= 11 is 0. The number of aromatic carboxylic acids is 1. The molecule has 0 saturated heterocycles. The Morgan fingerprint density at radius 2 is 2.12 bits per heavy atom. The minimum atomic E-state index is -1.18. The summed E-state index contributed by atoms with van der Waals surface area (Å²) in [6.07, 6.45) is 0.953. The number of fused-ring (bicyclic) bond motifs is 1. The second-order valence-corrected chi connectivity index (χ2v) is 5.54. The highest BCUT2D eigenvalue weighted by molar-refractivity contribution is 5.84. The van der Waals surface area contributed by atoms with E-state index in [4.69, 9.17) is 14.6 Å². The molecule has 1 aliphatic rings. The van der Waals surface area contributed by atoms with Gasteiger partial charge in [-0.1, -0.05) is 17.3 Å². The molecule has 0 radical (unpaired) electrons. The number of likely N-dealkylation sites (N-methyl/N-ethyl adjacent to an activating group) is 1. The van der Waals surface area contributed by atoms with Crippen molar-refractivity contribution in [3.05, 3.63) is 36.2 Å². The van der Waals surface area contributed by atoms with Gasteiger partial charge < -0.3 is 19.5 Å². The van der Waals surface area contributed by atoms with Crippen LogP contribution < -0.4 is 9.47 Å². The van der Waals surface area contributed by atoms with Gasteiger partial charge in [-0.3, -0.25) is 4.79 Å². The summed E-state index contributed by atoms with van der Waals surface area (Å²) in [5.41, 5.74) is -0.198. The highest BCUT2D eigenvalue weighted by Gasteiger charge is 2.25. The Labute approximate surface area is 143 Å². The molecule has 0 saturated carbocycles. The minimum absolute atomic E-state index is 0.0850. The Hall–Kier alpha value is -3.10. The fraction of sp³-hybridized carbons (Fsp3) is 0.375. The maximum atomic E-state index is 12.4. The quantitative estimate of drug-likeness (QED) is 0.819. The zero-order valence-electron chi connectivity index (χ0n) is 13.7. The van der Waals surface area contributed by atoms with Crippen molar-refractivity contribution in [3.63, 3.8) is 0 Å². The van der Waals surface area contributed by atoms with Crippen LogP contribution in [0, 0.1) is 0 Å². The Morgan fingerprint density at radius 3 is 2.80 bits per heavy atom. The molecule has 0 spiro atoms. The number of carbonyl (C=O) groups is 2. The third kappa shape index (κ3) is 3.87. The first kappa shape index (κ1) is 16.7. The number of carbonyl (C=O) groups excluding carboxylic acids is 1. The maximum Gasteiger partial charge on any atom is 0.358 e. The summed E-state index contributed by atoms with van der Waals surface area (Å²) in [5.74, 6) is -0.0363. The molecule has 1 aromatic carbocycles. The molecule has 0 aliphatic carbocycles. The lowest BCUT2D eigenvalue weighted by atomic mass is 10.2. The van der Waals surface area contributed by atoms with Crippen LogP contribution >= 0.6 is 0 Å². The Bertz CT molecular complexity index is 775. The van der Waals surface area contributed by atoms with E-state index < -0.39 is 5.97 Å². The molecule has 2 heterocycles. The molecule has 2 aromatic rings. The molecular formula is C16H18N4O5. The van der Waals surface area contributed by atoms with Gasteiger partial charge in [0.15, 0.2) is 23.3 Å². The van der Waals surface area contributed by atoms with Crippen molar-refractivity contribution in [2.75, 3.05) is 19.7 Å². The number of carboxylic acids is 1. The molecule has 3 rings (SSSR count). The van der Waals surface area contributed by atoms with Crippen LogP contribution in [0.15, 0.2) is 30.5 Å². The van der Waals surface area contributed by atoms with E-state index in [0.29, 0.717) is 31.2 Å². The summed E-state index contributed by atoms with van der Waals surface area (Å²) in [4.78, 5) is 24.9. The molecular weight excluding hydrogens is 328 g/mol. The third-order valence-electron chi connectivity index (χ3n) is 3.78. The van der Waals surface area contributed by atoms with E-state index in [2.05, 4.69) is 10.3 Å². The van der Waals surface area contributed by atoms with Gasteiger partial charge in [0.25, 0.3) is 0 Å². The third-order valence-corrected chi connectivity index (χ3v) is 3.78. The first-order chi connectivity index (χ1) is 12.1. The van der Waals surface area contributed by atoms with Gasteiger partial charge in [0.2, 0.25) is 5.91 Å². The number of nitrogens with zero attached hydrogens (tertiary/aromatic N) is 4. The molecule has 0 fully saturated rings. The van der Waals surface area contributed by atoms with Crippen LogP contribution in [-0.2, 0) is 11.3 Å². The number of rotatable bonds is 6. The smallest absolute Gasteiger partial charge is 0.358 e. The second-order valence-electron chi connectivity index (χ2n) is 5.54. The average Bonchev–Trinajstić information content (AvgIpc) is 3.08. The fourth-order valence-corrected chi connectivity index (χ4v) is 2.52. The SMILES string of the molecule is CCN(CC1COc2ccccc2O1)C(=O)Cn1cc(C(=O)O)nn1. The van der Waals surface area contributed by atoms with Crippen molar-refractivity contribution in [2.45, 2.75) is 19.6 Å². The lowest BCUT2D eigenvalue weighted by molar-refractivity contribution is -0.133. The molecule has 1 N–H and O–H groups in total. The highest BCUT2D eigenvalue weighted by Crippen LogP contribution is 2.31. The summed E-state index contributed by atoms with van der Waals surface area (Å²) < 4.78 is 12.7. The summed E-state index contributed by atoms with van der Waals surface area (Å²) in [6.45, 7) is 2.98.